The standard InChI is InChI=1S/C12H18N6O2S/c1-15(6-7-16-4-2-13-3-5-16)10-11(18(19)20)17-8-9-21-12(17)14-10/h8-9,13H,2-7H2,1H3. The highest BCUT2D eigenvalue weighted by atomic mass is 32.1. The Morgan fingerprint density at radius 1 is 1.52 bits per heavy atom. The molecule has 0 aliphatic carbocycles. The highest BCUT2D eigenvalue weighted by Crippen LogP contribution is 2.30. The van der Waals surface area contributed by atoms with Crippen molar-refractivity contribution in [3.63, 3.8) is 0 Å². The van der Waals surface area contributed by atoms with E-state index >= 15 is 0 Å². The number of fused-ring (bicyclic) bond motifs is 1. The van der Waals surface area contributed by atoms with E-state index in [4.69, 9.17) is 0 Å². The number of nitrogens with one attached hydrogen (secondary N) is 1. The maximum Gasteiger partial charge on any atom is 0.373 e. The van der Waals surface area contributed by atoms with Crippen LogP contribution < -0.4 is 10.2 Å². The van der Waals surface area contributed by atoms with Crippen LogP contribution in [0.2, 0.25) is 0 Å². The summed E-state index contributed by atoms with van der Waals surface area (Å²) in [5, 5.41) is 16.4. The Bertz CT molecular complexity index is 633. The first kappa shape index (κ1) is 14.2. The predicted molar refractivity (Wildman–Crippen MR) is 82.3 cm³/mol. The number of nitro groups is 1. The molecular weight excluding hydrogens is 292 g/mol. The fourth-order valence-corrected chi connectivity index (χ4v) is 3.22. The second kappa shape index (κ2) is 5.96. The lowest BCUT2D eigenvalue weighted by molar-refractivity contribution is -0.389. The highest BCUT2D eigenvalue weighted by Gasteiger charge is 2.26. The van der Waals surface area contributed by atoms with Crippen molar-refractivity contribution in [1.29, 1.82) is 0 Å². The van der Waals surface area contributed by atoms with Crippen LogP contribution in [0.25, 0.3) is 4.96 Å². The molecule has 1 fully saturated rings. The van der Waals surface area contributed by atoms with Crippen LogP contribution in [0.1, 0.15) is 0 Å². The third-order valence-corrected chi connectivity index (χ3v) is 4.47. The molecule has 0 saturated carbocycles. The number of hydrogen-bond donors (Lipinski definition) is 1. The minimum Gasteiger partial charge on any atom is -0.358 e. The van der Waals surface area contributed by atoms with Crippen LogP contribution in [0.15, 0.2) is 11.6 Å². The third-order valence-electron chi connectivity index (χ3n) is 3.71. The second-order valence-electron chi connectivity index (χ2n) is 5.08. The Labute approximate surface area is 126 Å². The zero-order valence-corrected chi connectivity index (χ0v) is 12.7. The fourth-order valence-electron chi connectivity index (χ4n) is 2.52. The molecule has 0 spiro atoms. The van der Waals surface area contributed by atoms with E-state index in [-0.39, 0.29) is 10.7 Å². The largest absolute Gasteiger partial charge is 0.373 e. The number of hydrogen-bond acceptors (Lipinski definition) is 7. The van der Waals surface area contributed by atoms with Crippen molar-refractivity contribution < 1.29 is 4.92 Å². The van der Waals surface area contributed by atoms with Crippen molar-refractivity contribution in [1.82, 2.24) is 19.6 Å². The molecule has 1 N–H and O–H groups in total. The van der Waals surface area contributed by atoms with Gasteiger partial charge in [0.25, 0.3) is 4.96 Å². The molecule has 0 aromatic carbocycles. The first-order chi connectivity index (χ1) is 10.2. The minimum absolute atomic E-state index is 0.0501. The van der Waals surface area contributed by atoms with Crippen LogP contribution in [0.3, 0.4) is 0 Å². The quantitative estimate of drug-likeness (QED) is 0.645. The second-order valence-corrected chi connectivity index (χ2v) is 5.96. The number of piperazine rings is 1. The Balaban J connectivity index is 1.74. The van der Waals surface area contributed by atoms with Gasteiger partial charge in [0, 0.05) is 51.7 Å². The number of thiazole rings is 1. The molecule has 8 nitrogen and oxygen atoms in total. The van der Waals surface area contributed by atoms with Gasteiger partial charge in [-0.1, -0.05) is 11.3 Å². The highest BCUT2D eigenvalue weighted by molar-refractivity contribution is 7.15. The smallest absolute Gasteiger partial charge is 0.358 e. The zero-order valence-electron chi connectivity index (χ0n) is 11.9. The van der Waals surface area contributed by atoms with Crippen molar-refractivity contribution in [3.8, 4) is 0 Å². The molecule has 3 rings (SSSR count). The zero-order chi connectivity index (χ0) is 14.8. The lowest BCUT2D eigenvalue weighted by Gasteiger charge is -2.28. The van der Waals surface area contributed by atoms with Gasteiger partial charge in [-0.15, -0.1) is 0 Å². The van der Waals surface area contributed by atoms with Crippen LogP contribution >= 0.6 is 11.3 Å². The van der Waals surface area contributed by atoms with Crippen molar-refractivity contribution in [3.05, 3.63) is 21.7 Å². The molecule has 0 radical (unpaired) electrons. The predicted octanol–water partition coefficient (Wildman–Crippen LogP) is 0.645. The van der Waals surface area contributed by atoms with Crippen LogP contribution in [0.5, 0.6) is 0 Å². The maximum absolute atomic E-state index is 11.3. The van der Waals surface area contributed by atoms with Crippen LogP contribution in [0.4, 0.5) is 11.6 Å². The summed E-state index contributed by atoms with van der Waals surface area (Å²) in [6.45, 7) is 5.67. The molecule has 0 amide bonds. The van der Waals surface area contributed by atoms with E-state index in [9.17, 15) is 10.1 Å². The summed E-state index contributed by atoms with van der Waals surface area (Å²) >= 11 is 1.41. The van der Waals surface area contributed by atoms with Gasteiger partial charge in [0.05, 0.1) is 0 Å². The van der Waals surface area contributed by atoms with Gasteiger partial charge in [0.15, 0.2) is 0 Å². The number of anilines is 1. The molecule has 114 valence electrons. The minimum atomic E-state index is -0.358. The number of nitrogens with zero attached hydrogens (tertiary/aromatic N) is 5. The Morgan fingerprint density at radius 2 is 2.29 bits per heavy atom. The van der Waals surface area contributed by atoms with Crippen molar-refractivity contribution >= 4 is 27.9 Å². The van der Waals surface area contributed by atoms with Gasteiger partial charge in [-0.2, -0.15) is 9.38 Å². The number of likely N-dealkylation sites (N-methyl/N-ethyl adjacent to an activating group) is 1. The topological polar surface area (TPSA) is 79.0 Å². The van der Waals surface area contributed by atoms with Crippen molar-refractivity contribution in [2.75, 3.05) is 51.2 Å². The Kier molecular flexibility index (Phi) is 4.04. The molecule has 1 saturated heterocycles. The Hall–Kier alpha value is -1.71. The molecule has 0 bridgehead atoms. The van der Waals surface area contributed by atoms with E-state index < -0.39 is 0 Å². The van der Waals surface area contributed by atoms with Crippen LogP contribution in [-0.2, 0) is 0 Å². The number of rotatable bonds is 5. The first-order valence-corrected chi connectivity index (χ1v) is 7.79. The van der Waals surface area contributed by atoms with Gasteiger partial charge in [0.2, 0.25) is 5.82 Å². The lowest BCUT2D eigenvalue weighted by Crippen LogP contribution is -2.46. The first-order valence-electron chi connectivity index (χ1n) is 6.91. The SMILES string of the molecule is CN(CCN1CCNCC1)c1nc2sccn2c1[N+](=O)[O-]. The molecule has 1 aliphatic rings. The average Bonchev–Trinajstić information content (AvgIpc) is 3.05. The summed E-state index contributed by atoms with van der Waals surface area (Å²) in [5.41, 5.74) is 0. The number of aromatic nitrogens is 2. The molecule has 3 heterocycles. The monoisotopic (exact) mass is 310 g/mol. The summed E-state index contributed by atoms with van der Waals surface area (Å²) in [7, 11) is 1.86. The Morgan fingerprint density at radius 3 is 3.00 bits per heavy atom. The van der Waals surface area contributed by atoms with Crippen molar-refractivity contribution in [2.24, 2.45) is 0 Å². The van der Waals surface area contributed by atoms with Gasteiger partial charge in [-0.05, 0) is 4.92 Å². The maximum atomic E-state index is 11.3. The summed E-state index contributed by atoms with van der Waals surface area (Å²) in [6, 6.07) is 0. The number of imidazole rings is 1. The van der Waals surface area contributed by atoms with Crippen molar-refractivity contribution in [2.45, 2.75) is 0 Å². The molecule has 2 aromatic heterocycles. The normalized spacial score (nSPS) is 16.4. The molecule has 0 unspecified atom stereocenters. The molecule has 1 aliphatic heterocycles. The molecule has 21 heavy (non-hydrogen) atoms. The summed E-state index contributed by atoms with van der Waals surface area (Å²) in [5.74, 6) is 0.496. The van der Waals surface area contributed by atoms with E-state index in [2.05, 4.69) is 15.2 Å². The molecular formula is C12H18N6O2S. The molecule has 9 heteroatoms. The van der Waals surface area contributed by atoms with E-state index in [1.54, 1.807) is 16.0 Å². The van der Waals surface area contributed by atoms with Crippen LogP contribution in [0, 0.1) is 10.1 Å². The van der Waals surface area contributed by atoms with Gasteiger partial charge in [-0.3, -0.25) is 4.90 Å². The summed E-state index contributed by atoms with van der Waals surface area (Å²) < 4.78 is 1.54. The van der Waals surface area contributed by atoms with Gasteiger partial charge in [0.1, 0.15) is 6.20 Å². The van der Waals surface area contributed by atoms with Gasteiger partial charge >= 0.3 is 5.82 Å². The van der Waals surface area contributed by atoms with E-state index in [1.807, 2.05) is 11.9 Å². The van der Waals surface area contributed by atoms with Crippen LogP contribution in [-0.4, -0.2) is 65.5 Å². The van der Waals surface area contributed by atoms with E-state index in [1.165, 1.54) is 11.3 Å². The summed E-state index contributed by atoms with van der Waals surface area (Å²) in [4.78, 5) is 20.2. The molecule has 2 aromatic rings. The molecule has 0 atom stereocenters. The van der Waals surface area contributed by atoms with Gasteiger partial charge in [-0.25, -0.2) is 0 Å². The lowest BCUT2D eigenvalue weighted by atomic mass is 10.3. The third kappa shape index (κ3) is 2.85. The van der Waals surface area contributed by atoms with Gasteiger partial charge < -0.3 is 20.3 Å². The fraction of sp³-hybridized carbons (Fsp3) is 0.583. The average molecular weight is 310 g/mol. The van der Waals surface area contributed by atoms with E-state index in [0.717, 1.165) is 39.3 Å². The summed E-state index contributed by atoms with van der Waals surface area (Å²) in [6.07, 6.45) is 1.69. The van der Waals surface area contributed by atoms with E-state index in [0.29, 0.717) is 10.8 Å².